The first-order valence-corrected chi connectivity index (χ1v) is 23.5. The third-order valence-corrected chi connectivity index (χ3v) is 14.3. The van der Waals surface area contributed by atoms with Crippen LogP contribution >= 0.6 is 0 Å². The van der Waals surface area contributed by atoms with E-state index in [2.05, 4.69) is 0 Å². The molecule has 356 valence electrons. The molecule has 1 unspecified atom stereocenters. The van der Waals surface area contributed by atoms with E-state index in [4.69, 9.17) is 18.9 Å². The zero-order chi connectivity index (χ0) is 46.6. The highest BCUT2D eigenvalue weighted by Gasteiger charge is 2.46. The van der Waals surface area contributed by atoms with Gasteiger partial charge in [0.15, 0.2) is 11.6 Å². The molecule has 4 N–H and O–H groups in total. The van der Waals surface area contributed by atoms with E-state index in [9.17, 15) is 39.6 Å². The highest BCUT2D eigenvalue weighted by Crippen LogP contribution is 2.38. The second kappa shape index (κ2) is 24.5. The minimum Gasteiger partial charge on any atom is -0.460 e. The normalized spacial score (nSPS) is 41.3. The smallest absolute Gasteiger partial charge is 0.329 e. The van der Waals surface area contributed by atoms with Crippen molar-refractivity contribution in [2.45, 2.75) is 186 Å². The lowest BCUT2D eigenvalue weighted by Gasteiger charge is -2.44. The second-order valence-corrected chi connectivity index (χ2v) is 19.5. The second-order valence-electron chi connectivity index (χ2n) is 19.5. The molecule has 13 heteroatoms. The number of piperidine rings is 1. The van der Waals surface area contributed by atoms with Crippen molar-refractivity contribution in [1.29, 1.82) is 0 Å². The van der Waals surface area contributed by atoms with Crippen LogP contribution in [-0.2, 0) is 38.1 Å². The lowest BCUT2D eigenvalue weighted by molar-refractivity contribution is -0.284. The van der Waals surface area contributed by atoms with E-state index in [1.165, 1.54) is 12.0 Å². The summed E-state index contributed by atoms with van der Waals surface area (Å²) in [5.41, 5.74) is 1.36. The Morgan fingerprint density at radius 1 is 0.857 bits per heavy atom. The Hall–Kier alpha value is -3.04. The van der Waals surface area contributed by atoms with Gasteiger partial charge < -0.3 is 44.3 Å². The van der Waals surface area contributed by atoms with Gasteiger partial charge in [-0.25, -0.2) is 4.79 Å². The third kappa shape index (κ3) is 14.7. The van der Waals surface area contributed by atoms with Crippen molar-refractivity contribution in [1.82, 2.24) is 4.90 Å². The Balaban J connectivity index is 1.67. The minimum atomic E-state index is -1.76. The van der Waals surface area contributed by atoms with Gasteiger partial charge in [0, 0.05) is 51.4 Å². The number of hydrogen-bond donors (Lipinski definition) is 4. The number of carbonyl (C=O) groups is 4. The van der Waals surface area contributed by atoms with Crippen molar-refractivity contribution in [3.05, 3.63) is 47.6 Å². The quantitative estimate of drug-likeness (QED) is 0.177. The summed E-state index contributed by atoms with van der Waals surface area (Å²) in [6.07, 6.45) is 11.4. The number of rotatable bonds is 5. The summed E-state index contributed by atoms with van der Waals surface area (Å²) in [6, 6.07) is -0.922. The van der Waals surface area contributed by atoms with Gasteiger partial charge in [-0.3, -0.25) is 14.4 Å². The van der Waals surface area contributed by atoms with E-state index in [0.29, 0.717) is 82.7 Å². The van der Waals surface area contributed by atoms with Gasteiger partial charge in [0.1, 0.15) is 30.1 Å². The van der Waals surface area contributed by atoms with Crippen molar-refractivity contribution < 1.29 is 58.6 Å². The Morgan fingerprint density at radius 3 is 2.27 bits per heavy atom. The molecule has 13 nitrogen and oxygen atoms in total. The van der Waals surface area contributed by atoms with Gasteiger partial charge in [-0.1, -0.05) is 71.1 Å². The van der Waals surface area contributed by atoms with E-state index >= 15 is 0 Å². The predicted molar refractivity (Wildman–Crippen MR) is 240 cm³/mol. The molecule has 0 aromatic rings. The molecule has 4 rings (SSSR count). The van der Waals surface area contributed by atoms with Gasteiger partial charge in [-0.15, -0.1) is 0 Å². The Bertz CT molecular complexity index is 1660. The molecule has 0 radical (unpaired) electrons. The van der Waals surface area contributed by atoms with Crippen molar-refractivity contribution in [3.63, 3.8) is 0 Å². The van der Waals surface area contributed by atoms with Crippen molar-refractivity contribution in [2.24, 2.45) is 35.5 Å². The molecule has 2 bridgehead atoms. The van der Waals surface area contributed by atoms with Gasteiger partial charge >= 0.3 is 5.97 Å². The van der Waals surface area contributed by atoms with Crippen LogP contribution in [0.2, 0.25) is 0 Å². The topological polar surface area (TPSA) is 189 Å². The number of Topliss-reactive ketones (excluding diaryl/α,β-unsaturated/α-hetero) is 2. The highest BCUT2D eigenvalue weighted by molar-refractivity contribution is 5.87. The number of hydrogen-bond acceptors (Lipinski definition) is 12. The molecule has 2 saturated heterocycles. The number of cyclic esters (lactones) is 1. The summed E-state index contributed by atoms with van der Waals surface area (Å²) >= 11 is 0. The van der Waals surface area contributed by atoms with Crippen molar-refractivity contribution in [2.75, 3.05) is 20.8 Å². The molecule has 0 aromatic carbocycles. The molecule has 1 saturated carbocycles. The largest absolute Gasteiger partial charge is 0.460 e. The van der Waals surface area contributed by atoms with Crippen molar-refractivity contribution in [3.8, 4) is 0 Å². The lowest BCUT2D eigenvalue weighted by atomic mass is 9.78. The Morgan fingerprint density at radius 2 is 1.59 bits per heavy atom. The number of allylic oxidation sites excluding steroid dienone is 6. The Kier molecular flexibility index (Phi) is 20.4. The van der Waals surface area contributed by atoms with E-state index in [1.807, 2.05) is 65.0 Å². The molecule has 3 aliphatic heterocycles. The number of ketones is 2. The fourth-order valence-corrected chi connectivity index (χ4v) is 9.98. The van der Waals surface area contributed by atoms with Crippen molar-refractivity contribution >= 4 is 23.4 Å². The predicted octanol–water partition coefficient (Wildman–Crippen LogP) is 6.35. The van der Waals surface area contributed by atoms with E-state index < -0.39 is 66.1 Å². The number of aliphatic hydroxyl groups excluding tert-OH is 3. The molecule has 0 spiro atoms. The summed E-state index contributed by atoms with van der Waals surface area (Å²) < 4.78 is 24.1. The van der Waals surface area contributed by atoms with Gasteiger partial charge in [-0.05, 0) is 107 Å². The summed E-state index contributed by atoms with van der Waals surface area (Å²) in [5, 5.41) is 44.0. The molecule has 3 heterocycles. The lowest BCUT2D eigenvalue weighted by Crippen LogP contribution is -2.55. The maximum Gasteiger partial charge on any atom is 0.329 e. The first-order valence-electron chi connectivity index (χ1n) is 23.5. The van der Waals surface area contributed by atoms with Crippen LogP contribution in [-0.4, -0.2) is 124 Å². The van der Waals surface area contributed by atoms with Crippen LogP contribution in [0.3, 0.4) is 0 Å². The number of fused-ring (bicyclic) bond motifs is 3. The first kappa shape index (κ1) is 52.6. The highest BCUT2D eigenvalue weighted by atomic mass is 16.6. The Labute approximate surface area is 376 Å². The van der Waals surface area contributed by atoms with Gasteiger partial charge in [0.05, 0.1) is 30.8 Å². The number of aliphatic hydroxyl groups is 4. The molecule has 4 aliphatic rings. The van der Waals surface area contributed by atoms with Crippen LogP contribution < -0.4 is 0 Å². The average molecular weight is 886 g/mol. The molecule has 0 aromatic heterocycles. The van der Waals surface area contributed by atoms with Gasteiger partial charge in [0.2, 0.25) is 5.91 Å². The number of carbonyl (C=O) groups excluding carboxylic acids is 4. The number of ether oxygens (including phenoxy) is 4. The minimum absolute atomic E-state index is 0.0344. The summed E-state index contributed by atoms with van der Waals surface area (Å²) in [4.78, 5) is 57.7. The maximum atomic E-state index is 14.3. The summed E-state index contributed by atoms with van der Waals surface area (Å²) in [7, 11) is 3.02. The molecule has 3 fully saturated rings. The molecule has 1 aliphatic carbocycles. The van der Waals surface area contributed by atoms with E-state index in [-0.39, 0.29) is 60.3 Å². The molecule has 1 amide bonds. The number of nitrogens with zero attached hydrogens (tertiary/aromatic N) is 1. The molecule has 15 atom stereocenters. The average Bonchev–Trinajstić information content (AvgIpc) is 3.24. The third-order valence-electron chi connectivity index (χ3n) is 14.3. The SMILES string of the molecule is CO[C@H]1C[C@@H]2CC[C@@H](C)[C@](O)(CC(=O)N3CCCC[C@H]3C(=O)O[C@H]([C@H](C)CC3CC[C@H](O)[C@@H](O)C3)CC(=O)[C@H](C)/C=C(\C)[C@@H](O)[C@@H](OC)C(=O)[C@H](C)C[C@H](C)/C=C/C=C/C=C/1C)O2. The van der Waals surface area contributed by atoms with E-state index in [0.717, 1.165) is 5.57 Å². The van der Waals surface area contributed by atoms with Crippen LogP contribution in [0.15, 0.2) is 47.6 Å². The number of amides is 1. The van der Waals surface area contributed by atoms with Crippen LogP contribution in [0.4, 0.5) is 0 Å². The number of methoxy groups -OCH3 is 2. The first-order chi connectivity index (χ1) is 29.8. The van der Waals surface area contributed by atoms with Gasteiger partial charge in [0.25, 0.3) is 0 Å². The standard InChI is InChI=1S/C50H79NO12/c1-30-15-11-10-12-16-31(2)43(60-8)27-38-20-18-36(7)50(59,63-38)29-45(55)51-22-14-13-17-39(51)49(58)62-44(33(4)25-37-19-21-40(52)42(54)26-37)28-41(53)32(3)24-35(6)47(57)48(61-9)46(56)34(5)23-30/h10-12,15-16,24,30,32-34,36-40,42-44,47-48,52,54,57,59H,13-14,17-23,25-29H2,1-9H3/b12-10+,15-11+,31-16+,35-24+/t30-,32-,33-,34-,36-,37?,38+,39+,40+,42+,43+,44+,47-,48+,50+/m1/s1. The zero-order valence-electron chi connectivity index (χ0n) is 39.4. The van der Waals surface area contributed by atoms with Crippen LogP contribution in [0.25, 0.3) is 0 Å². The maximum absolute atomic E-state index is 14.3. The van der Waals surface area contributed by atoms with E-state index in [1.54, 1.807) is 27.0 Å². The van der Waals surface area contributed by atoms with Gasteiger partial charge in [-0.2, -0.15) is 0 Å². The fraction of sp³-hybridized carbons (Fsp3) is 0.760. The molecule has 63 heavy (non-hydrogen) atoms. The van der Waals surface area contributed by atoms with Crippen LogP contribution in [0.1, 0.15) is 132 Å². The summed E-state index contributed by atoms with van der Waals surface area (Å²) in [6.45, 7) is 13.3. The fourth-order valence-electron chi connectivity index (χ4n) is 9.98. The molecular formula is C50H79NO12. The monoisotopic (exact) mass is 886 g/mol. The summed E-state index contributed by atoms with van der Waals surface area (Å²) in [5.74, 6) is -5.00. The van der Waals surface area contributed by atoms with Crippen LogP contribution in [0, 0.1) is 35.5 Å². The number of esters is 1. The zero-order valence-corrected chi connectivity index (χ0v) is 39.4. The molecular weight excluding hydrogens is 807 g/mol. The van der Waals surface area contributed by atoms with Crippen LogP contribution in [0.5, 0.6) is 0 Å².